The highest BCUT2D eigenvalue weighted by Gasteiger charge is 2.39. The van der Waals surface area contributed by atoms with Gasteiger partial charge in [0.15, 0.2) is 17.1 Å². The van der Waals surface area contributed by atoms with E-state index < -0.39 is 5.60 Å². The fraction of sp³-hybridized carbons (Fsp3) is 0.308. The lowest BCUT2D eigenvalue weighted by atomic mass is 9.97. The van der Waals surface area contributed by atoms with Crippen molar-refractivity contribution in [2.24, 2.45) is 0 Å². The molecule has 5 rings (SSSR count). The minimum atomic E-state index is -1.28. The normalized spacial score (nSPS) is 14.1. The summed E-state index contributed by atoms with van der Waals surface area (Å²) in [6.45, 7) is 1.40. The van der Waals surface area contributed by atoms with Crippen molar-refractivity contribution in [2.75, 3.05) is 14.2 Å². The van der Waals surface area contributed by atoms with Crippen molar-refractivity contribution in [3.63, 3.8) is 0 Å². The molecule has 0 amide bonds. The first-order valence-corrected chi connectivity index (χ1v) is 12.7. The van der Waals surface area contributed by atoms with Gasteiger partial charge in [-0.25, -0.2) is 0 Å². The Morgan fingerprint density at radius 3 is 2.24 bits per heavy atom. The Balaban J connectivity index is 1.42. The van der Waals surface area contributed by atoms with Crippen LogP contribution >= 0.6 is 22.7 Å². The minimum Gasteiger partial charge on any atom is -0.493 e. The molecule has 1 aliphatic carbocycles. The van der Waals surface area contributed by atoms with Gasteiger partial charge in [-0.05, 0) is 53.9 Å². The zero-order chi connectivity index (χ0) is 22.8. The van der Waals surface area contributed by atoms with Crippen LogP contribution in [0.3, 0.4) is 0 Å². The Hall–Kier alpha value is -2.58. The molecule has 0 spiro atoms. The lowest BCUT2D eigenvalue weighted by Gasteiger charge is -2.24. The Labute approximate surface area is 201 Å². The molecule has 1 aliphatic rings. The maximum Gasteiger partial charge on any atom is 0.191 e. The van der Waals surface area contributed by atoms with Crippen LogP contribution in [-0.2, 0) is 18.7 Å². The third-order valence-corrected chi connectivity index (χ3v) is 8.01. The van der Waals surface area contributed by atoms with Crippen LogP contribution in [0, 0.1) is 0 Å². The van der Waals surface area contributed by atoms with Gasteiger partial charge in [0.2, 0.25) is 0 Å². The lowest BCUT2D eigenvalue weighted by molar-refractivity contribution is 0.102. The molecule has 4 aromatic rings. The number of thiophene rings is 2. The Kier molecular flexibility index (Phi) is 6.29. The zero-order valence-electron chi connectivity index (χ0n) is 18.7. The summed E-state index contributed by atoms with van der Waals surface area (Å²) in [5, 5.41) is 15.8. The summed E-state index contributed by atoms with van der Waals surface area (Å²) in [5.74, 6) is 2.90. The topological polar surface area (TPSA) is 55.1 Å². The first-order chi connectivity index (χ1) is 16.1. The molecule has 3 heterocycles. The van der Waals surface area contributed by atoms with E-state index in [2.05, 4.69) is 11.0 Å². The summed E-state index contributed by atoms with van der Waals surface area (Å²) < 4.78 is 17.4. The van der Waals surface area contributed by atoms with Crippen molar-refractivity contribution in [3.05, 3.63) is 92.2 Å². The summed E-state index contributed by atoms with van der Waals surface area (Å²) in [6.07, 6.45) is 2.35. The van der Waals surface area contributed by atoms with E-state index in [0.29, 0.717) is 18.3 Å². The maximum absolute atomic E-state index is 11.8. The van der Waals surface area contributed by atoms with Crippen LogP contribution < -0.4 is 9.47 Å². The van der Waals surface area contributed by atoms with E-state index in [1.54, 1.807) is 14.2 Å². The van der Waals surface area contributed by atoms with Crippen LogP contribution in [0.25, 0.3) is 0 Å². The van der Waals surface area contributed by atoms with Gasteiger partial charge in [-0.3, -0.25) is 4.90 Å². The molecule has 0 atom stereocenters. The molecular formula is C26H27NO4S2. The molecule has 172 valence electrons. The molecule has 1 fully saturated rings. The number of rotatable bonds is 10. The summed E-state index contributed by atoms with van der Waals surface area (Å²) in [6, 6.07) is 18.2. The Morgan fingerprint density at radius 1 is 0.939 bits per heavy atom. The predicted molar refractivity (Wildman–Crippen MR) is 131 cm³/mol. The van der Waals surface area contributed by atoms with Crippen LogP contribution in [0.4, 0.5) is 0 Å². The van der Waals surface area contributed by atoms with Gasteiger partial charge < -0.3 is 19.0 Å². The van der Waals surface area contributed by atoms with E-state index >= 15 is 0 Å². The largest absolute Gasteiger partial charge is 0.493 e. The molecule has 3 aromatic heterocycles. The van der Waals surface area contributed by atoms with E-state index in [-0.39, 0.29) is 0 Å². The SMILES string of the molecule is COc1cccc(CN(Cc2ccc(C(O)(c3cccs3)c3cccs3)o2)C2CC2)c1OC. The lowest BCUT2D eigenvalue weighted by Crippen LogP contribution is -2.26. The predicted octanol–water partition coefficient (Wildman–Crippen LogP) is 5.87. The van der Waals surface area contributed by atoms with Crippen molar-refractivity contribution in [2.45, 2.75) is 37.6 Å². The number of aliphatic hydroxyl groups is 1. The fourth-order valence-corrected chi connectivity index (χ4v) is 5.99. The summed E-state index contributed by atoms with van der Waals surface area (Å²) in [4.78, 5) is 4.12. The summed E-state index contributed by atoms with van der Waals surface area (Å²) in [7, 11) is 3.34. The maximum atomic E-state index is 11.8. The summed E-state index contributed by atoms with van der Waals surface area (Å²) >= 11 is 3.06. The van der Waals surface area contributed by atoms with Crippen molar-refractivity contribution in [3.8, 4) is 11.5 Å². The van der Waals surface area contributed by atoms with Gasteiger partial charge >= 0.3 is 0 Å². The van der Waals surface area contributed by atoms with Crippen LogP contribution in [0.1, 0.15) is 39.7 Å². The van der Waals surface area contributed by atoms with Gasteiger partial charge in [0.25, 0.3) is 0 Å². The first kappa shape index (κ1) is 22.2. The van der Waals surface area contributed by atoms with Gasteiger partial charge in [0.1, 0.15) is 11.5 Å². The van der Waals surface area contributed by atoms with E-state index in [4.69, 9.17) is 13.9 Å². The number of hydrogen-bond donors (Lipinski definition) is 1. The molecule has 0 bridgehead atoms. The van der Waals surface area contributed by atoms with Crippen LogP contribution in [0.2, 0.25) is 0 Å². The second-order valence-corrected chi connectivity index (χ2v) is 10.1. The molecular weight excluding hydrogens is 454 g/mol. The number of ether oxygens (including phenoxy) is 2. The molecule has 1 aromatic carbocycles. The van der Waals surface area contributed by atoms with Crippen LogP contribution in [0.5, 0.6) is 11.5 Å². The second-order valence-electron chi connectivity index (χ2n) is 8.22. The molecule has 0 saturated heterocycles. The smallest absolute Gasteiger partial charge is 0.191 e. The number of furan rings is 1. The molecule has 7 heteroatoms. The molecule has 0 unspecified atom stereocenters. The highest BCUT2D eigenvalue weighted by Crippen LogP contribution is 2.42. The zero-order valence-corrected chi connectivity index (χ0v) is 20.3. The average molecular weight is 482 g/mol. The van der Waals surface area contributed by atoms with Gasteiger partial charge in [-0.1, -0.05) is 24.3 Å². The number of methoxy groups -OCH3 is 2. The van der Waals surface area contributed by atoms with Crippen molar-refractivity contribution in [1.29, 1.82) is 0 Å². The monoisotopic (exact) mass is 481 g/mol. The van der Waals surface area contributed by atoms with E-state index in [1.165, 1.54) is 35.5 Å². The number of benzene rings is 1. The highest BCUT2D eigenvalue weighted by molar-refractivity contribution is 7.11. The Bertz CT molecular complexity index is 1140. The van der Waals surface area contributed by atoms with Gasteiger partial charge in [-0.2, -0.15) is 0 Å². The number of nitrogens with zero attached hydrogens (tertiary/aromatic N) is 1. The second kappa shape index (κ2) is 9.35. The number of hydrogen-bond acceptors (Lipinski definition) is 7. The van der Waals surface area contributed by atoms with Gasteiger partial charge in [0.05, 0.1) is 20.8 Å². The number of para-hydroxylation sites is 1. The quantitative estimate of drug-likeness (QED) is 0.307. The standard InChI is InChI=1S/C26H27NO4S2/c1-29-21-7-3-6-18(25(21)30-2)16-27(19-10-11-19)17-20-12-13-22(31-20)26(28,23-8-4-14-32-23)24-9-5-15-33-24/h3-9,12-15,19,28H,10-11,16-17H2,1-2H3. The third kappa shape index (κ3) is 4.34. The third-order valence-electron chi connectivity index (χ3n) is 6.05. The van der Waals surface area contributed by atoms with E-state index in [9.17, 15) is 5.11 Å². The fourth-order valence-electron chi connectivity index (χ4n) is 4.24. The summed E-state index contributed by atoms with van der Waals surface area (Å²) in [5.41, 5.74) is -0.190. The van der Waals surface area contributed by atoms with Crippen molar-refractivity contribution < 1.29 is 19.0 Å². The molecule has 33 heavy (non-hydrogen) atoms. The van der Waals surface area contributed by atoms with Gasteiger partial charge in [-0.15, -0.1) is 22.7 Å². The van der Waals surface area contributed by atoms with E-state index in [0.717, 1.165) is 39.1 Å². The van der Waals surface area contributed by atoms with Gasteiger partial charge in [0, 0.05) is 27.9 Å². The molecule has 1 N–H and O–H groups in total. The van der Waals surface area contributed by atoms with Crippen molar-refractivity contribution >= 4 is 22.7 Å². The molecule has 5 nitrogen and oxygen atoms in total. The minimum absolute atomic E-state index is 0.517. The van der Waals surface area contributed by atoms with Crippen molar-refractivity contribution in [1.82, 2.24) is 4.90 Å². The average Bonchev–Trinajstić information content (AvgIpc) is 3.26. The molecule has 1 saturated carbocycles. The van der Waals surface area contributed by atoms with E-state index in [1.807, 2.05) is 59.3 Å². The molecule has 0 radical (unpaired) electrons. The van der Waals surface area contributed by atoms with Crippen LogP contribution in [-0.4, -0.2) is 30.3 Å². The molecule has 0 aliphatic heterocycles. The van der Waals surface area contributed by atoms with Crippen LogP contribution in [0.15, 0.2) is 69.8 Å². The first-order valence-electron chi connectivity index (χ1n) is 11.0. The Morgan fingerprint density at radius 2 is 1.67 bits per heavy atom. The highest BCUT2D eigenvalue weighted by atomic mass is 32.1.